The summed E-state index contributed by atoms with van der Waals surface area (Å²) in [6.07, 6.45) is -0.00880. The third-order valence-corrected chi connectivity index (χ3v) is 2.96. The maximum absolute atomic E-state index is 5.93. The molecule has 5 heteroatoms. The quantitative estimate of drug-likeness (QED) is 0.666. The van der Waals surface area contributed by atoms with Crippen molar-refractivity contribution < 1.29 is 20.4 Å². The van der Waals surface area contributed by atoms with Crippen LogP contribution in [0.1, 0.15) is 11.7 Å². The molecule has 0 radical (unpaired) electrons. The fourth-order valence-electron chi connectivity index (χ4n) is 1.96. The Morgan fingerprint density at radius 1 is 0.895 bits per heavy atom. The summed E-state index contributed by atoms with van der Waals surface area (Å²) >= 11 is 0. The van der Waals surface area contributed by atoms with Gasteiger partial charge in [0.15, 0.2) is 17.6 Å². The molecule has 3 rings (SSSR count). The molecule has 0 saturated heterocycles. The van der Waals surface area contributed by atoms with E-state index in [4.69, 9.17) is 9.47 Å². The zero-order valence-corrected chi connectivity index (χ0v) is 10.7. The van der Waals surface area contributed by atoms with Gasteiger partial charge in [0.2, 0.25) is 0 Å². The van der Waals surface area contributed by atoms with Gasteiger partial charge in [0, 0.05) is 0 Å². The molecule has 2 aromatic carbocycles. The zero-order chi connectivity index (χ0) is 11.7. The van der Waals surface area contributed by atoms with E-state index in [9.17, 15) is 0 Å². The number of ether oxygens (including phenoxy) is 2. The van der Waals surface area contributed by atoms with Crippen LogP contribution in [0.3, 0.4) is 0 Å². The van der Waals surface area contributed by atoms with Crippen LogP contribution in [0.4, 0.5) is 0 Å². The molecule has 0 amide bonds. The third kappa shape index (κ3) is 3.07. The Kier molecular flexibility index (Phi) is 4.98. The molecule has 19 heavy (non-hydrogen) atoms. The molecule has 0 fully saturated rings. The molecule has 0 aliphatic carbocycles. The van der Waals surface area contributed by atoms with Crippen molar-refractivity contribution in [1.82, 2.24) is 0 Å². The Hall–Kier alpha value is -1.98. The van der Waals surface area contributed by atoms with Gasteiger partial charge in [0.1, 0.15) is 14.5 Å². The highest BCUT2D eigenvalue weighted by atomic mass is 16.6. The van der Waals surface area contributed by atoms with Gasteiger partial charge in [-0.3, -0.25) is 0 Å². The van der Waals surface area contributed by atoms with Crippen molar-refractivity contribution in [1.29, 1.82) is 0 Å². The van der Waals surface area contributed by atoms with Crippen LogP contribution in [0.15, 0.2) is 48.5 Å². The minimum atomic E-state index is -0.00880. The monoisotopic (exact) mass is 260 g/mol. The highest BCUT2D eigenvalue weighted by Crippen LogP contribution is 2.35. The van der Waals surface area contributed by atoms with Crippen LogP contribution in [0.2, 0.25) is 0 Å². The summed E-state index contributed by atoms with van der Waals surface area (Å²) < 4.78 is 11.6. The van der Waals surface area contributed by atoms with Gasteiger partial charge in [-0.15, -0.1) is 0 Å². The van der Waals surface area contributed by atoms with Gasteiger partial charge < -0.3 is 20.4 Å². The molecule has 1 heterocycles. The average molecular weight is 260 g/mol. The Balaban J connectivity index is 0.000000902. The van der Waals surface area contributed by atoms with E-state index in [1.807, 2.05) is 24.3 Å². The molecule has 4 nitrogen and oxygen atoms in total. The molecule has 0 saturated carbocycles. The summed E-state index contributed by atoms with van der Waals surface area (Å²) in [4.78, 5) is 0. The number of hydrogen-bond acceptors (Lipinski definition) is 2. The van der Waals surface area contributed by atoms with Gasteiger partial charge in [-0.1, -0.05) is 41.9 Å². The Morgan fingerprint density at radius 2 is 1.53 bits per heavy atom. The molecule has 2 aromatic rings. The zero-order valence-electron chi connectivity index (χ0n) is 10.7. The number of benzene rings is 2. The normalized spacial score (nSPS) is 15.9. The number of hydrogen-bond donors (Lipinski definition) is 0. The van der Waals surface area contributed by atoms with E-state index < -0.39 is 0 Å². The Morgan fingerprint density at radius 3 is 2.21 bits per heavy atom. The topological polar surface area (TPSA) is 81.5 Å². The summed E-state index contributed by atoms with van der Waals surface area (Å²) in [5, 5.41) is 0. The lowest BCUT2D eigenvalue weighted by molar-refractivity contribution is 0.0913. The van der Waals surface area contributed by atoms with Gasteiger partial charge in [-0.25, -0.2) is 0 Å². The summed E-state index contributed by atoms with van der Waals surface area (Å²) in [5.74, 6) is 1.65. The molecular formula is C14H17BO4. The van der Waals surface area contributed by atoms with Crippen molar-refractivity contribution >= 4 is 13.3 Å². The van der Waals surface area contributed by atoms with E-state index in [0.717, 1.165) is 17.1 Å². The minimum absolute atomic E-state index is 0. The van der Waals surface area contributed by atoms with Crippen molar-refractivity contribution in [2.45, 2.75) is 6.10 Å². The predicted molar refractivity (Wildman–Crippen MR) is 77.2 cm³/mol. The first-order valence-electron chi connectivity index (χ1n) is 5.78. The van der Waals surface area contributed by atoms with E-state index in [1.165, 1.54) is 5.46 Å². The molecular weight excluding hydrogens is 243 g/mol. The smallest absolute Gasteiger partial charge is 0.162 e. The third-order valence-electron chi connectivity index (χ3n) is 2.96. The second-order valence-electron chi connectivity index (χ2n) is 4.27. The highest BCUT2D eigenvalue weighted by molar-refractivity contribution is 6.32. The Bertz CT molecular complexity index is 527. The summed E-state index contributed by atoms with van der Waals surface area (Å²) in [5.41, 5.74) is 2.41. The maximum atomic E-state index is 5.93. The van der Waals surface area contributed by atoms with Crippen molar-refractivity contribution in [3.8, 4) is 11.5 Å². The fraction of sp³-hybridized carbons (Fsp3) is 0.143. The fourth-order valence-corrected chi connectivity index (χ4v) is 1.96. The molecule has 0 bridgehead atoms. The average Bonchev–Trinajstić information content (AvgIpc) is 2.39. The standard InChI is InChI=1S/C14H13BO2.2H2O/c15-11-7-5-10(6-8-11)14-9-16-12-3-1-2-4-13(12)17-14;;/h1-8,14H,9,15H2;2*1H2. The summed E-state index contributed by atoms with van der Waals surface area (Å²) in [6, 6.07) is 16.2. The van der Waals surface area contributed by atoms with Gasteiger partial charge in [0.05, 0.1) is 0 Å². The maximum Gasteiger partial charge on any atom is 0.162 e. The van der Waals surface area contributed by atoms with Gasteiger partial charge >= 0.3 is 0 Å². The first kappa shape index (κ1) is 15.1. The van der Waals surface area contributed by atoms with Crippen LogP contribution < -0.4 is 14.9 Å². The van der Waals surface area contributed by atoms with Crippen LogP contribution in [-0.2, 0) is 0 Å². The summed E-state index contributed by atoms with van der Waals surface area (Å²) in [7, 11) is 2.08. The van der Waals surface area contributed by atoms with E-state index in [0.29, 0.717) is 6.61 Å². The number of fused-ring (bicyclic) bond motifs is 1. The van der Waals surface area contributed by atoms with Crippen molar-refractivity contribution in [3.63, 3.8) is 0 Å². The van der Waals surface area contributed by atoms with Crippen LogP contribution in [0.5, 0.6) is 11.5 Å². The second kappa shape index (κ2) is 6.27. The first-order valence-corrected chi connectivity index (χ1v) is 5.78. The molecule has 0 spiro atoms. The van der Waals surface area contributed by atoms with Crippen molar-refractivity contribution in [2.24, 2.45) is 0 Å². The number of para-hydroxylation sites is 2. The summed E-state index contributed by atoms with van der Waals surface area (Å²) in [6.45, 7) is 0.570. The lowest BCUT2D eigenvalue weighted by Gasteiger charge is -2.26. The van der Waals surface area contributed by atoms with E-state index in [1.54, 1.807) is 0 Å². The molecule has 1 aliphatic rings. The van der Waals surface area contributed by atoms with Gasteiger partial charge in [-0.2, -0.15) is 0 Å². The van der Waals surface area contributed by atoms with E-state index >= 15 is 0 Å². The molecule has 4 N–H and O–H groups in total. The van der Waals surface area contributed by atoms with Crippen molar-refractivity contribution in [3.05, 3.63) is 54.1 Å². The predicted octanol–water partition coefficient (Wildman–Crippen LogP) is -0.192. The van der Waals surface area contributed by atoms with Crippen LogP contribution in [-0.4, -0.2) is 25.4 Å². The van der Waals surface area contributed by atoms with Gasteiger partial charge in [0.25, 0.3) is 0 Å². The van der Waals surface area contributed by atoms with Crippen LogP contribution >= 0.6 is 0 Å². The van der Waals surface area contributed by atoms with Gasteiger partial charge in [-0.05, 0) is 17.7 Å². The largest absolute Gasteiger partial charge is 0.485 e. The van der Waals surface area contributed by atoms with Crippen LogP contribution in [0.25, 0.3) is 0 Å². The first-order chi connectivity index (χ1) is 8.33. The van der Waals surface area contributed by atoms with Crippen LogP contribution in [0, 0.1) is 0 Å². The Labute approximate surface area is 113 Å². The number of rotatable bonds is 1. The molecule has 100 valence electrons. The highest BCUT2D eigenvalue weighted by Gasteiger charge is 2.21. The van der Waals surface area contributed by atoms with E-state index in [2.05, 4.69) is 32.1 Å². The molecule has 1 atom stereocenters. The SMILES string of the molecule is Bc1ccc(C2COc3ccccc3O2)cc1.O.O. The van der Waals surface area contributed by atoms with E-state index in [-0.39, 0.29) is 17.1 Å². The minimum Gasteiger partial charge on any atom is -0.485 e. The molecule has 0 aromatic heterocycles. The molecule has 1 unspecified atom stereocenters. The lowest BCUT2D eigenvalue weighted by atomic mass is 9.94. The van der Waals surface area contributed by atoms with Crippen molar-refractivity contribution in [2.75, 3.05) is 6.61 Å². The molecule has 1 aliphatic heterocycles. The second-order valence-corrected chi connectivity index (χ2v) is 4.27. The lowest BCUT2D eigenvalue weighted by Crippen LogP contribution is -2.21.